The quantitative estimate of drug-likeness (QED) is 0.828. The van der Waals surface area contributed by atoms with Gasteiger partial charge in [-0.05, 0) is 23.3 Å². The molecule has 4 heteroatoms. The van der Waals surface area contributed by atoms with Gasteiger partial charge in [-0.25, -0.2) is 5.48 Å². The molecular formula is C17H17NO3. The van der Waals surface area contributed by atoms with Crippen molar-refractivity contribution >= 4 is 6.08 Å². The summed E-state index contributed by atoms with van der Waals surface area (Å²) in [4.78, 5) is 0. The summed E-state index contributed by atoms with van der Waals surface area (Å²) in [5.74, 6) is 1.50. The molecule has 0 aromatic heterocycles. The third-order valence-corrected chi connectivity index (χ3v) is 3.31. The number of para-hydroxylation sites is 1. The Morgan fingerprint density at radius 1 is 1.10 bits per heavy atom. The van der Waals surface area contributed by atoms with Crippen molar-refractivity contribution in [3.05, 3.63) is 65.2 Å². The molecule has 0 fully saturated rings. The molecule has 2 aromatic rings. The Morgan fingerprint density at radius 3 is 2.76 bits per heavy atom. The van der Waals surface area contributed by atoms with Crippen molar-refractivity contribution in [1.82, 2.24) is 5.48 Å². The third kappa shape index (κ3) is 3.24. The fraction of sp³-hybridized carbons (Fsp3) is 0.176. The van der Waals surface area contributed by atoms with Gasteiger partial charge in [0.05, 0.1) is 0 Å². The van der Waals surface area contributed by atoms with E-state index in [2.05, 4.69) is 5.48 Å². The van der Waals surface area contributed by atoms with Crippen LogP contribution in [0, 0.1) is 0 Å². The Morgan fingerprint density at radius 2 is 1.95 bits per heavy atom. The van der Waals surface area contributed by atoms with Crippen molar-refractivity contribution < 1.29 is 14.7 Å². The summed E-state index contributed by atoms with van der Waals surface area (Å²) in [6.07, 6.45) is 2.01. The Bertz CT molecular complexity index is 638. The highest BCUT2D eigenvalue weighted by atomic mass is 16.5. The molecule has 0 aliphatic carbocycles. The third-order valence-electron chi connectivity index (χ3n) is 3.31. The van der Waals surface area contributed by atoms with Crippen LogP contribution in [-0.4, -0.2) is 18.4 Å². The minimum Gasteiger partial charge on any atom is -0.485 e. The highest BCUT2D eigenvalue weighted by Gasteiger charge is 2.15. The van der Waals surface area contributed by atoms with Crippen LogP contribution < -0.4 is 15.0 Å². The molecule has 0 unspecified atom stereocenters. The zero-order chi connectivity index (χ0) is 14.5. The van der Waals surface area contributed by atoms with E-state index in [0.29, 0.717) is 19.8 Å². The van der Waals surface area contributed by atoms with Crippen LogP contribution in [-0.2, 0) is 6.61 Å². The molecular weight excluding hydrogens is 266 g/mol. The molecule has 21 heavy (non-hydrogen) atoms. The van der Waals surface area contributed by atoms with E-state index in [4.69, 9.17) is 14.7 Å². The molecule has 4 nitrogen and oxygen atoms in total. The summed E-state index contributed by atoms with van der Waals surface area (Å²) in [5.41, 5.74) is 5.23. The Labute approximate surface area is 123 Å². The molecule has 0 saturated carbocycles. The highest BCUT2D eigenvalue weighted by molar-refractivity contribution is 5.66. The van der Waals surface area contributed by atoms with Gasteiger partial charge in [0.2, 0.25) is 0 Å². The lowest BCUT2D eigenvalue weighted by Gasteiger charge is -2.20. The number of hydrogen-bond acceptors (Lipinski definition) is 4. The predicted octanol–water partition coefficient (Wildman–Crippen LogP) is 3.02. The fourth-order valence-electron chi connectivity index (χ4n) is 2.28. The van der Waals surface area contributed by atoms with Gasteiger partial charge < -0.3 is 14.7 Å². The van der Waals surface area contributed by atoms with Crippen LogP contribution in [0.2, 0.25) is 0 Å². The molecule has 0 radical (unpaired) electrons. The zero-order valence-corrected chi connectivity index (χ0v) is 11.6. The summed E-state index contributed by atoms with van der Waals surface area (Å²) in [6, 6.07) is 15.8. The lowest BCUT2D eigenvalue weighted by Crippen LogP contribution is -2.18. The highest BCUT2D eigenvalue weighted by Crippen LogP contribution is 2.36. The first-order valence-electron chi connectivity index (χ1n) is 6.86. The average Bonchev–Trinajstić information content (AvgIpc) is 2.54. The minimum absolute atomic E-state index is 0.397. The number of hydroxylamine groups is 1. The summed E-state index contributed by atoms with van der Waals surface area (Å²) in [5, 5.41) is 8.76. The number of hydrogen-bond donors (Lipinski definition) is 2. The Kier molecular flexibility index (Phi) is 4.19. The first-order valence-corrected chi connectivity index (χ1v) is 6.86. The lowest BCUT2D eigenvalue weighted by atomic mass is 10.1. The maximum Gasteiger partial charge on any atom is 0.168 e. The topological polar surface area (TPSA) is 50.7 Å². The number of benzene rings is 2. The van der Waals surface area contributed by atoms with Crippen molar-refractivity contribution in [2.75, 3.05) is 13.2 Å². The molecule has 3 rings (SSSR count). The largest absolute Gasteiger partial charge is 0.485 e. The van der Waals surface area contributed by atoms with Crippen molar-refractivity contribution in [3.8, 4) is 11.5 Å². The molecule has 108 valence electrons. The first kappa shape index (κ1) is 13.7. The van der Waals surface area contributed by atoms with Gasteiger partial charge in [0.15, 0.2) is 11.5 Å². The summed E-state index contributed by atoms with van der Waals surface area (Å²) < 4.78 is 11.6. The average molecular weight is 283 g/mol. The van der Waals surface area contributed by atoms with Crippen LogP contribution in [0.5, 0.6) is 11.5 Å². The smallest absolute Gasteiger partial charge is 0.168 e. The van der Waals surface area contributed by atoms with Gasteiger partial charge in [0.1, 0.15) is 13.2 Å². The van der Waals surface area contributed by atoms with E-state index in [9.17, 15) is 0 Å². The fourth-order valence-corrected chi connectivity index (χ4v) is 2.28. The van der Waals surface area contributed by atoms with E-state index in [1.165, 1.54) is 0 Å². The molecule has 0 atom stereocenters. The van der Waals surface area contributed by atoms with Crippen LogP contribution in [0.1, 0.15) is 11.1 Å². The summed E-state index contributed by atoms with van der Waals surface area (Å²) in [7, 11) is 0. The van der Waals surface area contributed by atoms with Crippen molar-refractivity contribution in [1.29, 1.82) is 0 Å². The molecule has 1 aliphatic rings. The van der Waals surface area contributed by atoms with E-state index in [1.807, 2.05) is 54.6 Å². The number of ether oxygens (including phenoxy) is 2. The van der Waals surface area contributed by atoms with Crippen LogP contribution in [0.15, 0.2) is 54.1 Å². The second kappa shape index (κ2) is 6.43. The first-order chi connectivity index (χ1) is 10.4. The number of nitrogens with one attached hydrogen (secondary N) is 1. The lowest BCUT2D eigenvalue weighted by molar-refractivity contribution is 0.172. The second-order valence-corrected chi connectivity index (χ2v) is 4.87. The van der Waals surface area contributed by atoms with Gasteiger partial charge in [0.25, 0.3) is 0 Å². The molecule has 1 aliphatic heterocycles. The zero-order valence-electron chi connectivity index (χ0n) is 11.6. The van der Waals surface area contributed by atoms with Crippen molar-refractivity contribution in [3.63, 3.8) is 0 Å². The van der Waals surface area contributed by atoms with Gasteiger partial charge in [0, 0.05) is 12.1 Å². The van der Waals surface area contributed by atoms with E-state index in [1.54, 1.807) is 0 Å². The normalized spacial score (nSPS) is 13.1. The molecule has 0 bridgehead atoms. The maximum absolute atomic E-state index is 8.76. The van der Waals surface area contributed by atoms with E-state index >= 15 is 0 Å². The Balaban J connectivity index is 1.77. The molecule has 1 heterocycles. The van der Waals surface area contributed by atoms with Crippen LogP contribution in [0.4, 0.5) is 0 Å². The van der Waals surface area contributed by atoms with Crippen LogP contribution >= 0.6 is 0 Å². The van der Waals surface area contributed by atoms with Gasteiger partial charge in [-0.3, -0.25) is 0 Å². The van der Waals surface area contributed by atoms with Crippen molar-refractivity contribution in [2.24, 2.45) is 0 Å². The molecule has 0 amide bonds. The predicted molar refractivity (Wildman–Crippen MR) is 80.5 cm³/mol. The van der Waals surface area contributed by atoms with E-state index in [0.717, 1.165) is 28.2 Å². The van der Waals surface area contributed by atoms with Crippen LogP contribution in [0.25, 0.3) is 6.08 Å². The standard InChI is InChI=1S/C17H17NO3/c19-18-10-14-9-15-7-4-8-16(17(15)21-12-14)20-11-13-5-2-1-3-6-13/h1-9,18-19H,10-12H2. The number of rotatable bonds is 5. The molecule has 0 spiro atoms. The molecule has 2 aromatic carbocycles. The van der Waals surface area contributed by atoms with Gasteiger partial charge >= 0.3 is 0 Å². The van der Waals surface area contributed by atoms with Gasteiger partial charge in [-0.1, -0.05) is 42.5 Å². The maximum atomic E-state index is 8.76. The second-order valence-electron chi connectivity index (χ2n) is 4.87. The summed E-state index contributed by atoms with van der Waals surface area (Å²) in [6.45, 7) is 1.36. The van der Waals surface area contributed by atoms with Gasteiger partial charge in [-0.15, -0.1) is 0 Å². The minimum atomic E-state index is 0.397. The van der Waals surface area contributed by atoms with Crippen molar-refractivity contribution in [2.45, 2.75) is 6.61 Å². The SMILES string of the molecule is ONCC1=Cc2cccc(OCc3ccccc3)c2OC1. The van der Waals surface area contributed by atoms with Gasteiger partial charge in [-0.2, -0.15) is 0 Å². The van der Waals surface area contributed by atoms with E-state index in [-0.39, 0.29) is 0 Å². The summed E-state index contributed by atoms with van der Waals surface area (Å²) >= 11 is 0. The molecule has 2 N–H and O–H groups in total. The van der Waals surface area contributed by atoms with Crippen LogP contribution in [0.3, 0.4) is 0 Å². The van der Waals surface area contributed by atoms with E-state index < -0.39 is 0 Å². The molecule has 0 saturated heterocycles. The Hall–Kier alpha value is -2.30. The number of fused-ring (bicyclic) bond motifs is 1. The monoisotopic (exact) mass is 283 g/mol.